The van der Waals surface area contributed by atoms with Crippen LogP contribution in [0.2, 0.25) is 0 Å². The Morgan fingerprint density at radius 2 is 1.39 bits per heavy atom. The van der Waals surface area contributed by atoms with Crippen LogP contribution < -0.4 is 0 Å². The van der Waals surface area contributed by atoms with Crippen LogP contribution in [0.25, 0.3) is 0 Å². The summed E-state index contributed by atoms with van der Waals surface area (Å²) in [5, 5.41) is 0.869. The quantitative estimate of drug-likeness (QED) is 0.340. The summed E-state index contributed by atoms with van der Waals surface area (Å²) in [6.07, 6.45) is -1.56. The second-order valence-corrected chi connectivity index (χ2v) is 4.49. The lowest BCUT2D eigenvalue weighted by Crippen LogP contribution is -2.63. The van der Waals surface area contributed by atoms with Crippen molar-refractivity contribution < 1.29 is 43.0 Å². The van der Waals surface area contributed by atoms with Gasteiger partial charge in [0, 0.05) is 6.54 Å². The highest BCUT2D eigenvalue weighted by molar-refractivity contribution is 6.10. The summed E-state index contributed by atoms with van der Waals surface area (Å²) < 4.78 is 18.5. The standard InChI is InChI=1S/C13H19NO9/c1-6-14-13(11(17)21-4,12(18)22-5)7(9(15)19-2)8(23-14)10(16)20-3/h7-8H,6H2,1-5H3/t7-,8-/m1/s1. The van der Waals surface area contributed by atoms with E-state index in [1.54, 1.807) is 6.92 Å². The van der Waals surface area contributed by atoms with Crippen molar-refractivity contribution in [2.24, 2.45) is 5.92 Å². The molecule has 0 aliphatic carbocycles. The Morgan fingerprint density at radius 3 is 1.74 bits per heavy atom. The maximum atomic E-state index is 12.4. The molecule has 10 nitrogen and oxygen atoms in total. The molecule has 0 spiro atoms. The topological polar surface area (TPSA) is 118 Å². The van der Waals surface area contributed by atoms with Crippen LogP contribution in [0.5, 0.6) is 0 Å². The molecule has 23 heavy (non-hydrogen) atoms. The fraction of sp³-hybridized carbons (Fsp3) is 0.692. The van der Waals surface area contributed by atoms with Crippen LogP contribution in [0.3, 0.4) is 0 Å². The van der Waals surface area contributed by atoms with E-state index in [9.17, 15) is 19.2 Å². The van der Waals surface area contributed by atoms with E-state index in [4.69, 9.17) is 4.84 Å². The minimum atomic E-state index is -2.32. The zero-order chi connectivity index (χ0) is 17.8. The van der Waals surface area contributed by atoms with Crippen LogP contribution in [0.1, 0.15) is 6.92 Å². The van der Waals surface area contributed by atoms with Crippen molar-refractivity contribution in [2.75, 3.05) is 35.0 Å². The van der Waals surface area contributed by atoms with Crippen molar-refractivity contribution in [2.45, 2.75) is 18.6 Å². The molecule has 0 N–H and O–H groups in total. The van der Waals surface area contributed by atoms with E-state index in [1.807, 2.05) is 0 Å². The predicted molar refractivity (Wildman–Crippen MR) is 71.5 cm³/mol. The number of methoxy groups -OCH3 is 4. The first-order valence-corrected chi connectivity index (χ1v) is 6.63. The first-order chi connectivity index (χ1) is 10.9. The van der Waals surface area contributed by atoms with Gasteiger partial charge in [-0.2, -0.15) is 5.06 Å². The molecule has 1 aliphatic heterocycles. The molecule has 0 aromatic heterocycles. The van der Waals surface area contributed by atoms with Crippen LogP contribution in [-0.2, 0) is 43.0 Å². The highest BCUT2D eigenvalue weighted by atomic mass is 16.7. The smallest absolute Gasteiger partial charge is 0.341 e. The summed E-state index contributed by atoms with van der Waals surface area (Å²) in [7, 11) is 4.18. The summed E-state index contributed by atoms with van der Waals surface area (Å²) in [6.45, 7) is 1.53. The van der Waals surface area contributed by atoms with Crippen LogP contribution in [0.15, 0.2) is 0 Å². The molecule has 1 aliphatic rings. The summed E-state index contributed by atoms with van der Waals surface area (Å²) in [5.41, 5.74) is -2.32. The molecule has 0 saturated carbocycles. The Morgan fingerprint density at radius 1 is 0.913 bits per heavy atom. The molecule has 1 rings (SSSR count). The lowest BCUT2D eigenvalue weighted by molar-refractivity contribution is -0.214. The number of esters is 4. The van der Waals surface area contributed by atoms with Crippen molar-refractivity contribution in [3.8, 4) is 0 Å². The van der Waals surface area contributed by atoms with Gasteiger partial charge in [0.25, 0.3) is 5.54 Å². The van der Waals surface area contributed by atoms with Crippen LogP contribution in [0.4, 0.5) is 0 Å². The van der Waals surface area contributed by atoms with Gasteiger partial charge in [-0.15, -0.1) is 0 Å². The van der Waals surface area contributed by atoms with E-state index in [0.717, 1.165) is 33.5 Å². The number of hydrogen-bond acceptors (Lipinski definition) is 10. The van der Waals surface area contributed by atoms with Gasteiger partial charge in [0.05, 0.1) is 28.4 Å². The van der Waals surface area contributed by atoms with Crippen LogP contribution >= 0.6 is 0 Å². The first kappa shape index (κ1) is 18.8. The van der Waals surface area contributed by atoms with Crippen molar-refractivity contribution in [1.82, 2.24) is 5.06 Å². The zero-order valence-electron chi connectivity index (χ0n) is 13.5. The maximum Gasteiger partial charge on any atom is 0.341 e. The number of ether oxygens (including phenoxy) is 4. The molecule has 0 aromatic rings. The Balaban J connectivity index is 3.62. The molecule has 0 aromatic carbocycles. The van der Waals surface area contributed by atoms with E-state index < -0.39 is 41.4 Å². The van der Waals surface area contributed by atoms with Gasteiger partial charge in [-0.05, 0) is 0 Å². The normalized spacial score (nSPS) is 23.0. The van der Waals surface area contributed by atoms with Gasteiger partial charge in [0.1, 0.15) is 5.92 Å². The van der Waals surface area contributed by atoms with E-state index in [1.165, 1.54) is 0 Å². The fourth-order valence-electron chi connectivity index (χ4n) is 2.55. The van der Waals surface area contributed by atoms with Crippen molar-refractivity contribution in [3.63, 3.8) is 0 Å². The largest absolute Gasteiger partial charge is 0.469 e. The molecule has 0 radical (unpaired) electrons. The van der Waals surface area contributed by atoms with Gasteiger partial charge in [-0.25, -0.2) is 14.4 Å². The number of nitrogens with zero attached hydrogens (tertiary/aromatic N) is 1. The minimum absolute atomic E-state index is 0.0226. The van der Waals surface area contributed by atoms with Crippen molar-refractivity contribution >= 4 is 23.9 Å². The summed E-state index contributed by atoms with van der Waals surface area (Å²) >= 11 is 0. The molecule has 130 valence electrons. The number of rotatable bonds is 5. The highest BCUT2D eigenvalue weighted by Crippen LogP contribution is 2.40. The number of hydrogen-bond donors (Lipinski definition) is 0. The molecule has 1 fully saturated rings. The summed E-state index contributed by atoms with van der Waals surface area (Å²) in [4.78, 5) is 54.2. The molecule has 10 heteroatoms. The van der Waals surface area contributed by atoms with Crippen molar-refractivity contribution in [1.29, 1.82) is 0 Å². The Hall–Kier alpha value is -2.20. The number of likely N-dealkylation sites (N-methyl/N-ethyl adjacent to an activating group) is 1. The molecule has 0 bridgehead atoms. The van der Waals surface area contributed by atoms with E-state index >= 15 is 0 Å². The van der Waals surface area contributed by atoms with Crippen LogP contribution in [0, 0.1) is 5.92 Å². The van der Waals surface area contributed by atoms with Crippen molar-refractivity contribution in [3.05, 3.63) is 0 Å². The maximum absolute atomic E-state index is 12.4. The lowest BCUT2D eigenvalue weighted by atomic mass is 9.80. The first-order valence-electron chi connectivity index (χ1n) is 6.63. The number of carbonyl (C=O) groups excluding carboxylic acids is 4. The summed E-state index contributed by atoms with van der Waals surface area (Å²) in [5.74, 6) is -5.86. The molecule has 1 heterocycles. The average Bonchev–Trinajstić information content (AvgIpc) is 2.94. The molecule has 2 atom stereocenters. The second-order valence-electron chi connectivity index (χ2n) is 4.49. The van der Waals surface area contributed by atoms with Gasteiger partial charge in [-0.1, -0.05) is 6.92 Å². The van der Waals surface area contributed by atoms with Gasteiger partial charge >= 0.3 is 23.9 Å². The Labute approximate surface area is 132 Å². The van der Waals surface area contributed by atoms with Crippen LogP contribution in [-0.4, -0.2) is 75.6 Å². The number of hydroxylamine groups is 2. The molecule has 1 saturated heterocycles. The Bertz CT molecular complexity index is 488. The fourth-order valence-corrected chi connectivity index (χ4v) is 2.55. The SMILES string of the molecule is CCN1O[C@@H](C(=O)OC)[C@H](C(=O)OC)C1(C(=O)OC)C(=O)OC. The highest BCUT2D eigenvalue weighted by Gasteiger charge is 2.71. The van der Waals surface area contributed by atoms with E-state index in [0.29, 0.717) is 0 Å². The van der Waals surface area contributed by atoms with Gasteiger partial charge in [0.2, 0.25) is 0 Å². The monoisotopic (exact) mass is 333 g/mol. The molecular weight excluding hydrogens is 314 g/mol. The lowest BCUT2D eigenvalue weighted by Gasteiger charge is -2.32. The average molecular weight is 333 g/mol. The third kappa shape index (κ3) is 2.75. The second kappa shape index (κ2) is 7.38. The van der Waals surface area contributed by atoms with E-state index in [-0.39, 0.29) is 6.54 Å². The third-order valence-corrected chi connectivity index (χ3v) is 3.56. The minimum Gasteiger partial charge on any atom is -0.469 e. The van der Waals surface area contributed by atoms with Gasteiger partial charge < -0.3 is 18.9 Å². The molecule has 0 unspecified atom stereocenters. The number of carbonyl (C=O) groups is 4. The predicted octanol–water partition coefficient (Wildman–Crippen LogP) is -1.33. The van der Waals surface area contributed by atoms with Gasteiger partial charge in [-0.3, -0.25) is 9.63 Å². The molecular formula is C13H19NO9. The van der Waals surface area contributed by atoms with E-state index in [2.05, 4.69) is 18.9 Å². The van der Waals surface area contributed by atoms with Gasteiger partial charge in [0.15, 0.2) is 6.10 Å². The summed E-state index contributed by atoms with van der Waals surface area (Å²) in [6, 6.07) is 0. The molecule has 0 amide bonds. The zero-order valence-corrected chi connectivity index (χ0v) is 13.5. The third-order valence-electron chi connectivity index (χ3n) is 3.56. The Kier molecular flexibility index (Phi) is 6.05.